The number of rotatable bonds is 1. The van der Waals surface area contributed by atoms with Gasteiger partial charge in [0.1, 0.15) is 0 Å². The van der Waals surface area contributed by atoms with Crippen LogP contribution in [0.15, 0.2) is 0 Å². The van der Waals surface area contributed by atoms with Gasteiger partial charge >= 0.3 is 0 Å². The molecule has 1 heterocycles. The summed E-state index contributed by atoms with van der Waals surface area (Å²) in [6.07, 6.45) is 3.85. The summed E-state index contributed by atoms with van der Waals surface area (Å²) in [5.74, 6) is 1.16. The fraction of sp³-hybridized carbons (Fsp3) is 0.882. The van der Waals surface area contributed by atoms with Gasteiger partial charge in [0.2, 0.25) is 5.91 Å². The minimum absolute atomic E-state index is 0.218. The normalized spacial score (nSPS) is 42.6. The Morgan fingerprint density at radius 3 is 2.24 bits per heavy atom. The van der Waals surface area contributed by atoms with Crippen molar-refractivity contribution in [2.45, 2.75) is 58.2 Å². The lowest BCUT2D eigenvalue weighted by Gasteiger charge is -2.44. The Morgan fingerprint density at radius 2 is 1.76 bits per heavy atom. The van der Waals surface area contributed by atoms with E-state index in [0.717, 1.165) is 38.8 Å². The van der Waals surface area contributed by atoms with E-state index >= 15 is 0 Å². The quantitative estimate of drug-likeness (QED) is 0.676. The molecule has 0 aromatic rings. The van der Waals surface area contributed by atoms with Crippen molar-refractivity contribution < 1.29 is 9.59 Å². The summed E-state index contributed by atoms with van der Waals surface area (Å²) < 4.78 is 0. The molecule has 3 rings (SSSR count). The van der Waals surface area contributed by atoms with Crippen LogP contribution in [0.5, 0.6) is 0 Å². The number of fused-ring (bicyclic) bond motifs is 2. The Hall–Kier alpha value is -0.380. The molecule has 2 bridgehead atoms. The largest absolute Gasteiger partial charge is 0.342 e. The van der Waals surface area contributed by atoms with Crippen LogP contribution in [0.1, 0.15) is 53.4 Å². The number of carbonyl (C=O) groups is 2. The summed E-state index contributed by atoms with van der Waals surface area (Å²) >= 11 is 3.61. The molecule has 1 amide bonds. The van der Waals surface area contributed by atoms with Crippen LogP contribution in [-0.2, 0) is 9.59 Å². The molecule has 0 aromatic carbocycles. The van der Waals surface area contributed by atoms with E-state index in [1.54, 1.807) is 0 Å². The van der Waals surface area contributed by atoms with Gasteiger partial charge in [-0.05, 0) is 37.0 Å². The van der Waals surface area contributed by atoms with E-state index < -0.39 is 5.41 Å². The first-order chi connectivity index (χ1) is 9.68. The summed E-state index contributed by atoms with van der Waals surface area (Å²) in [4.78, 5) is 27.8. The first-order valence-corrected chi connectivity index (χ1v) is 9.08. The molecule has 2 saturated carbocycles. The summed E-state index contributed by atoms with van der Waals surface area (Å²) in [7, 11) is 0. The summed E-state index contributed by atoms with van der Waals surface area (Å²) in [5, 5.41) is 0. The Labute approximate surface area is 136 Å². The summed E-state index contributed by atoms with van der Waals surface area (Å²) in [5.41, 5.74) is -1.18. The van der Waals surface area contributed by atoms with Gasteiger partial charge in [-0.1, -0.05) is 43.6 Å². The molecule has 0 unspecified atom stereocenters. The molecule has 2 aliphatic carbocycles. The minimum atomic E-state index is -0.542. The number of piperidine rings is 1. The highest BCUT2D eigenvalue weighted by Gasteiger charge is 2.77. The number of ketones is 1. The van der Waals surface area contributed by atoms with Crippen LogP contribution in [0.4, 0.5) is 0 Å². The molecule has 3 atom stereocenters. The molecule has 0 spiro atoms. The van der Waals surface area contributed by atoms with Crippen LogP contribution >= 0.6 is 15.9 Å². The molecule has 1 saturated heterocycles. The van der Waals surface area contributed by atoms with Crippen LogP contribution in [0.25, 0.3) is 0 Å². The highest BCUT2D eigenvalue weighted by molar-refractivity contribution is 9.10. The van der Waals surface area contributed by atoms with Crippen LogP contribution in [0, 0.1) is 22.2 Å². The number of hydrogen-bond donors (Lipinski definition) is 0. The van der Waals surface area contributed by atoms with Gasteiger partial charge < -0.3 is 4.90 Å². The van der Waals surface area contributed by atoms with Crippen LogP contribution in [0.2, 0.25) is 0 Å². The fourth-order valence-corrected chi connectivity index (χ4v) is 6.42. The molecular formula is C17H26BrNO2. The molecule has 4 heteroatoms. The SMILES string of the molecule is CC1CCN(C(=O)[C@]23CC[C@](C)(C(=O)[C@H]2Br)C3(C)C)CC1. The van der Waals surface area contributed by atoms with E-state index in [-0.39, 0.29) is 27.3 Å². The number of likely N-dealkylation sites (tertiary alicyclic amines) is 1. The van der Waals surface area contributed by atoms with Gasteiger partial charge in [-0.15, -0.1) is 0 Å². The average molecular weight is 356 g/mol. The number of nitrogens with zero attached hydrogens (tertiary/aromatic N) is 1. The fourth-order valence-electron chi connectivity index (χ4n) is 4.92. The first kappa shape index (κ1) is 15.5. The number of halogens is 1. The van der Waals surface area contributed by atoms with Crippen molar-refractivity contribution in [3.63, 3.8) is 0 Å². The van der Waals surface area contributed by atoms with Crippen molar-refractivity contribution in [2.24, 2.45) is 22.2 Å². The molecule has 3 nitrogen and oxygen atoms in total. The highest BCUT2D eigenvalue weighted by atomic mass is 79.9. The van der Waals surface area contributed by atoms with Crippen LogP contribution < -0.4 is 0 Å². The van der Waals surface area contributed by atoms with E-state index in [4.69, 9.17) is 0 Å². The van der Waals surface area contributed by atoms with Gasteiger partial charge in [-0.25, -0.2) is 0 Å². The van der Waals surface area contributed by atoms with Gasteiger partial charge in [0.25, 0.3) is 0 Å². The lowest BCUT2D eigenvalue weighted by molar-refractivity contribution is -0.148. The third-order valence-corrected chi connectivity index (χ3v) is 8.37. The second kappa shape index (κ2) is 4.56. The third-order valence-electron chi connectivity index (χ3n) is 7.17. The Kier molecular flexibility index (Phi) is 3.37. The second-order valence-electron chi connectivity index (χ2n) is 8.13. The molecule has 0 N–H and O–H groups in total. The van der Waals surface area contributed by atoms with Gasteiger partial charge in [0.05, 0.1) is 10.2 Å². The van der Waals surface area contributed by atoms with Gasteiger partial charge in [-0.2, -0.15) is 0 Å². The van der Waals surface area contributed by atoms with Crippen molar-refractivity contribution in [1.29, 1.82) is 0 Å². The predicted octanol–water partition coefficient (Wildman–Crippen LogP) is 3.40. The lowest BCUT2D eigenvalue weighted by atomic mass is 9.64. The molecule has 0 radical (unpaired) electrons. The standard InChI is InChI=1S/C17H26BrNO2/c1-11-5-9-19(10-6-11)14(21)17-8-7-16(4,15(17,2)3)13(20)12(17)18/h11-12H,5-10H2,1-4H3/t12-,16-,17+/m1/s1. The first-order valence-electron chi connectivity index (χ1n) is 8.16. The second-order valence-corrected chi connectivity index (χ2v) is 9.05. The van der Waals surface area contributed by atoms with Gasteiger partial charge in [0, 0.05) is 18.5 Å². The number of hydrogen-bond acceptors (Lipinski definition) is 2. The minimum Gasteiger partial charge on any atom is -0.342 e. The van der Waals surface area contributed by atoms with Crippen molar-refractivity contribution in [1.82, 2.24) is 4.90 Å². The maximum Gasteiger partial charge on any atom is 0.230 e. The van der Waals surface area contributed by atoms with Crippen LogP contribution in [-0.4, -0.2) is 34.5 Å². The Balaban J connectivity index is 1.96. The van der Waals surface area contributed by atoms with Crippen molar-refractivity contribution >= 4 is 27.6 Å². The third kappa shape index (κ3) is 1.66. The summed E-state index contributed by atoms with van der Waals surface area (Å²) in [6, 6.07) is 0. The molecule has 3 fully saturated rings. The summed E-state index contributed by atoms with van der Waals surface area (Å²) in [6.45, 7) is 10.3. The van der Waals surface area contributed by atoms with Gasteiger partial charge in [0.15, 0.2) is 5.78 Å². The molecule has 0 aromatic heterocycles. The van der Waals surface area contributed by atoms with Crippen molar-refractivity contribution in [3.8, 4) is 0 Å². The number of amides is 1. The topological polar surface area (TPSA) is 37.4 Å². The lowest BCUT2D eigenvalue weighted by Crippen LogP contribution is -2.54. The van der Waals surface area contributed by atoms with Crippen molar-refractivity contribution in [3.05, 3.63) is 0 Å². The maximum atomic E-state index is 13.3. The molecular weight excluding hydrogens is 330 g/mol. The van der Waals surface area contributed by atoms with E-state index in [1.807, 2.05) is 4.90 Å². The number of Topliss-reactive ketones (excluding diaryl/α,β-unsaturated/α-hetero) is 1. The van der Waals surface area contributed by atoms with E-state index in [0.29, 0.717) is 5.92 Å². The maximum absolute atomic E-state index is 13.3. The zero-order valence-electron chi connectivity index (χ0n) is 13.5. The molecule has 3 aliphatic rings. The van der Waals surface area contributed by atoms with Crippen molar-refractivity contribution in [2.75, 3.05) is 13.1 Å². The van der Waals surface area contributed by atoms with Crippen LogP contribution in [0.3, 0.4) is 0 Å². The predicted molar refractivity (Wildman–Crippen MR) is 86.3 cm³/mol. The molecule has 1 aliphatic heterocycles. The smallest absolute Gasteiger partial charge is 0.230 e. The zero-order valence-corrected chi connectivity index (χ0v) is 15.1. The molecule has 21 heavy (non-hydrogen) atoms. The molecule has 118 valence electrons. The average Bonchev–Trinajstić information content (AvgIpc) is 2.71. The highest BCUT2D eigenvalue weighted by Crippen LogP contribution is 2.72. The number of carbonyl (C=O) groups excluding carboxylic acids is 2. The van der Waals surface area contributed by atoms with E-state index in [2.05, 4.69) is 43.6 Å². The Morgan fingerprint density at radius 1 is 1.19 bits per heavy atom. The zero-order chi connectivity index (χ0) is 15.6. The van der Waals surface area contributed by atoms with Gasteiger partial charge in [-0.3, -0.25) is 9.59 Å². The van der Waals surface area contributed by atoms with E-state index in [9.17, 15) is 9.59 Å². The number of alkyl halides is 1. The van der Waals surface area contributed by atoms with E-state index in [1.165, 1.54) is 0 Å². The monoisotopic (exact) mass is 355 g/mol. The Bertz CT molecular complexity index is 495.